The van der Waals surface area contributed by atoms with Crippen molar-refractivity contribution in [2.75, 3.05) is 6.16 Å². The molecule has 0 amide bonds. The van der Waals surface area contributed by atoms with Crippen molar-refractivity contribution in [2.45, 2.75) is 25.7 Å². The van der Waals surface area contributed by atoms with Gasteiger partial charge in [0.25, 0.3) is 0 Å². The van der Waals surface area contributed by atoms with Crippen molar-refractivity contribution >= 4 is 8.58 Å². The van der Waals surface area contributed by atoms with E-state index in [-0.39, 0.29) is 0 Å². The third-order valence-electron chi connectivity index (χ3n) is 3.53. The average Bonchev–Trinajstić information content (AvgIpc) is 2.70. The molecule has 0 fully saturated rings. The molecule has 0 aliphatic heterocycles. The summed E-state index contributed by atoms with van der Waals surface area (Å²) in [4.78, 5) is 0. The first kappa shape index (κ1) is 27.0. The number of benzene rings is 2. The number of rotatable bonds is 4. The molecule has 0 spiro atoms. The maximum Gasteiger partial charge on any atom is 0.402 e. The molecule has 0 heterocycles. The van der Waals surface area contributed by atoms with E-state index in [1.54, 1.807) is 0 Å². The normalized spacial score (nSPS) is 11.8. The molecule has 0 radical (unpaired) electrons. The predicted octanol–water partition coefficient (Wildman–Crippen LogP) is 7.73. The number of hydrogen-bond acceptors (Lipinski definition) is 0. The molecule has 0 saturated heterocycles. The summed E-state index contributed by atoms with van der Waals surface area (Å²) in [6, 6.07) is 0. The van der Waals surface area contributed by atoms with Gasteiger partial charge in [-0.3, -0.25) is 0 Å². The van der Waals surface area contributed by atoms with Crippen LogP contribution in [0.5, 0.6) is 0 Å². The van der Waals surface area contributed by atoms with E-state index in [9.17, 15) is 57.1 Å². The van der Waals surface area contributed by atoms with Gasteiger partial charge in [0, 0.05) is 0 Å². The molecule has 0 aliphatic carbocycles. The number of alkyl halides is 3. The molecule has 0 aliphatic rings. The monoisotopic (exact) mass is 492 g/mol. The van der Waals surface area contributed by atoms with E-state index in [0.29, 0.717) is 12.6 Å². The standard InChI is InChI=1S/C12F10.C5H10F3P/c13-3-1(4(14)8(18)11(21)7(3)17)2-5(15)9(19)12(22)10(20)6(2)16;1-2-3-4-9-5(6,7)8/h;9H,2-4H2,1H3. The number of unbranched alkanes of at least 4 members (excludes halogenated alkanes) is 1. The van der Waals surface area contributed by atoms with Crippen molar-refractivity contribution in [2.24, 2.45) is 0 Å². The molecule has 174 valence electrons. The van der Waals surface area contributed by atoms with Gasteiger partial charge in [0.1, 0.15) is 0 Å². The van der Waals surface area contributed by atoms with E-state index in [0.717, 1.165) is 6.42 Å². The molecule has 0 saturated carbocycles. The minimum absolute atomic E-state index is 0.306. The first-order chi connectivity index (χ1) is 14.2. The Morgan fingerprint density at radius 3 is 1.00 bits per heavy atom. The molecule has 0 aromatic heterocycles. The summed E-state index contributed by atoms with van der Waals surface area (Å²) in [5, 5.41) is 0. The zero-order valence-corrected chi connectivity index (χ0v) is 16.0. The number of hydrogen-bond donors (Lipinski definition) is 0. The fraction of sp³-hybridized carbons (Fsp3) is 0.294. The van der Waals surface area contributed by atoms with Crippen LogP contribution < -0.4 is 0 Å². The van der Waals surface area contributed by atoms with E-state index in [1.807, 2.05) is 6.92 Å². The van der Waals surface area contributed by atoms with Gasteiger partial charge < -0.3 is 0 Å². The first-order valence-corrected chi connectivity index (χ1v) is 9.22. The lowest BCUT2D eigenvalue weighted by Crippen LogP contribution is -2.10. The molecule has 2 rings (SSSR count). The number of halogens is 13. The Kier molecular flexibility index (Phi) is 9.16. The van der Waals surface area contributed by atoms with Crippen molar-refractivity contribution in [3.8, 4) is 11.1 Å². The molecule has 0 N–H and O–H groups in total. The van der Waals surface area contributed by atoms with Crippen LogP contribution in [0.4, 0.5) is 57.1 Å². The van der Waals surface area contributed by atoms with Crippen LogP contribution in [0.25, 0.3) is 11.1 Å². The lowest BCUT2D eigenvalue weighted by Gasteiger charge is -2.11. The van der Waals surface area contributed by atoms with Crippen molar-refractivity contribution in [1.29, 1.82) is 0 Å². The minimum atomic E-state index is -3.92. The van der Waals surface area contributed by atoms with Gasteiger partial charge in [0.2, 0.25) is 11.6 Å². The highest BCUT2D eigenvalue weighted by Crippen LogP contribution is 2.38. The zero-order chi connectivity index (χ0) is 24.3. The van der Waals surface area contributed by atoms with Gasteiger partial charge in [0.15, 0.2) is 46.5 Å². The van der Waals surface area contributed by atoms with E-state index in [2.05, 4.69) is 0 Å². The second-order valence-electron chi connectivity index (χ2n) is 5.67. The summed E-state index contributed by atoms with van der Waals surface area (Å²) in [7, 11) is -0.852. The van der Waals surface area contributed by atoms with E-state index < -0.39 is 83.8 Å². The molecule has 0 bridgehead atoms. The lowest BCUT2D eigenvalue weighted by atomic mass is 10.0. The summed E-state index contributed by atoms with van der Waals surface area (Å²) in [5.74, 6) is -30.6. The van der Waals surface area contributed by atoms with Crippen molar-refractivity contribution in [1.82, 2.24) is 0 Å². The van der Waals surface area contributed by atoms with Crippen LogP contribution in [-0.4, -0.2) is 12.1 Å². The average molecular weight is 492 g/mol. The summed E-state index contributed by atoms with van der Waals surface area (Å²) in [6.07, 6.45) is 1.85. The lowest BCUT2D eigenvalue weighted by molar-refractivity contribution is -0.0371. The molecule has 31 heavy (non-hydrogen) atoms. The highest BCUT2D eigenvalue weighted by molar-refractivity contribution is 7.39. The summed E-state index contributed by atoms with van der Waals surface area (Å²) in [5.41, 5.74) is -4.52. The second-order valence-corrected chi connectivity index (χ2v) is 7.09. The minimum Gasteiger partial charge on any atom is -0.203 e. The topological polar surface area (TPSA) is 0 Å². The van der Waals surface area contributed by atoms with Crippen LogP contribution in [0, 0.1) is 58.2 Å². The summed E-state index contributed by atoms with van der Waals surface area (Å²) in [6.45, 7) is 1.89. The Morgan fingerprint density at radius 1 is 0.516 bits per heavy atom. The summed E-state index contributed by atoms with van der Waals surface area (Å²) >= 11 is 0. The molecular weight excluding hydrogens is 482 g/mol. The molecule has 2 aromatic rings. The third-order valence-corrected chi connectivity index (χ3v) is 4.53. The van der Waals surface area contributed by atoms with Crippen LogP contribution in [0.3, 0.4) is 0 Å². The molecule has 2 aromatic carbocycles. The maximum absolute atomic E-state index is 13.4. The maximum atomic E-state index is 13.4. The third kappa shape index (κ3) is 6.02. The molecule has 0 nitrogen and oxygen atoms in total. The fourth-order valence-electron chi connectivity index (χ4n) is 2.06. The van der Waals surface area contributed by atoms with E-state index >= 15 is 0 Å². The van der Waals surface area contributed by atoms with Gasteiger partial charge in [-0.05, 0) is 21.2 Å². The van der Waals surface area contributed by atoms with E-state index in [1.165, 1.54) is 0 Å². The molecular formula is C17H10F13P. The zero-order valence-electron chi connectivity index (χ0n) is 15.0. The largest absolute Gasteiger partial charge is 0.402 e. The Balaban J connectivity index is 0.000000452. The van der Waals surface area contributed by atoms with Gasteiger partial charge in [-0.15, -0.1) is 0 Å². The second kappa shape index (κ2) is 10.5. The van der Waals surface area contributed by atoms with Crippen LogP contribution in [-0.2, 0) is 0 Å². The van der Waals surface area contributed by atoms with Crippen LogP contribution in [0.2, 0.25) is 0 Å². The quantitative estimate of drug-likeness (QED) is 0.135. The Bertz CT molecular complexity index is 827. The van der Waals surface area contributed by atoms with Crippen molar-refractivity contribution in [3.63, 3.8) is 0 Å². The Labute approximate surface area is 167 Å². The van der Waals surface area contributed by atoms with Gasteiger partial charge in [-0.1, -0.05) is 13.3 Å². The Morgan fingerprint density at radius 2 is 0.774 bits per heavy atom. The smallest absolute Gasteiger partial charge is 0.203 e. The summed E-state index contributed by atoms with van der Waals surface area (Å²) < 4.78 is 165. The molecule has 14 heteroatoms. The Hall–Kier alpha value is -2.04. The van der Waals surface area contributed by atoms with Crippen molar-refractivity contribution in [3.05, 3.63) is 58.2 Å². The fourth-order valence-corrected chi connectivity index (χ4v) is 2.87. The van der Waals surface area contributed by atoms with Crippen molar-refractivity contribution < 1.29 is 57.1 Å². The van der Waals surface area contributed by atoms with Crippen LogP contribution in [0.15, 0.2) is 0 Å². The SMILES string of the molecule is CCCCPC(F)(F)F.Fc1c(F)c(F)c(-c2c(F)c(F)c(F)c(F)c2F)c(F)c1F. The highest BCUT2D eigenvalue weighted by Gasteiger charge is 2.34. The van der Waals surface area contributed by atoms with Gasteiger partial charge in [-0.2, -0.15) is 13.2 Å². The van der Waals surface area contributed by atoms with Crippen LogP contribution in [0.1, 0.15) is 19.8 Å². The highest BCUT2D eigenvalue weighted by atomic mass is 31.1. The van der Waals surface area contributed by atoms with Crippen LogP contribution >= 0.6 is 8.58 Å². The first-order valence-electron chi connectivity index (χ1n) is 8.02. The van der Waals surface area contributed by atoms with Gasteiger partial charge in [0.05, 0.1) is 11.1 Å². The van der Waals surface area contributed by atoms with Gasteiger partial charge in [-0.25, -0.2) is 43.9 Å². The van der Waals surface area contributed by atoms with E-state index in [4.69, 9.17) is 0 Å². The molecule has 1 atom stereocenters. The van der Waals surface area contributed by atoms with Gasteiger partial charge >= 0.3 is 5.92 Å². The molecule has 1 unspecified atom stereocenters. The predicted molar refractivity (Wildman–Crippen MR) is 85.6 cm³/mol.